The van der Waals surface area contributed by atoms with Crippen LogP contribution in [0.25, 0.3) is 0 Å². The minimum absolute atomic E-state index is 0.259. The first-order valence-corrected chi connectivity index (χ1v) is 11.2. The maximum Gasteiger partial charge on any atom is 0.490 e. The standard InChI is InChI=1S/C24H24N2O2.C2HF3O2/c27-23-24(12-14-25(15-13-24)18-20-9-6-16-28-20)21-10-4-5-11-22(21)26(23)17-19-7-2-1-3-8-19;3-2(4,5)1(6)7/h1-11,16H,12-15,17-18H2;(H,6,7). The van der Waals surface area contributed by atoms with Gasteiger partial charge in [0.05, 0.1) is 24.8 Å². The molecule has 1 saturated heterocycles. The van der Waals surface area contributed by atoms with Gasteiger partial charge in [0, 0.05) is 5.69 Å². The molecule has 1 amide bonds. The third kappa shape index (κ3) is 5.24. The quantitative estimate of drug-likeness (QED) is 0.562. The average molecular weight is 486 g/mol. The van der Waals surface area contributed by atoms with Crippen LogP contribution in [0.15, 0.2) is 77.4 Å². The van der Waals surface area contributed by atoms with E-state index in [2.05, 4.69) is 35.2 Å². The van der Waals surface area contributed by atoms with Gasteiger partial charge in [0.2, 0.25) is 5.91 Å². The van der Waals surface area contributed by atoms with Crippen molar-refractivity contribution in [2.24, 2.45) is 0 Å². The van der Waals surface area contributed by atoms with Gasteiger partial charge in [-0.3, -0.25) is 9.69 Å². The van der Waals surface area contributed by atoms with E-state index < -0.39 is 12.1 Å². The van der Waals surface area contributed by atoms with Gasteiger partial charge in [-0.2, -0.15) is 13.2 Å². The number of alkyl halides is 3. The van der Waals surface area contributed by atoms with Crippen molar-refractivity contribution in [2.45, 2.75) is 37.5 Å². The smallest absolute Gasteiger partial charge is 0.475 e. The van der Waals surface area contributed by atoms with Crippen LogP contribution in [-0.2, 0) is 28.1 Å². The Morgan fingerprint density at radius 3 is 2.17 bits per heavy atom. The highest BCUT2D eigenvalue weighted by atomic mass is 19.4. The van der Waals surface area contributed by atoms with Crippen molar-refractivity contribution in [3.63, 3.8) is 0 Å². The zero-order valence-corrected chi connectivity index (χ0v) is 18.9. The number of hydrogen-bond donors (Lipinski definition) is 1. The SMILES string of the molecule is O=C(O)C(F)(F)F.O=C1N(Cc2ccccc2)c2ccccc2C12CCN(Cc1ccco1)CC2. The zero-order chi connectivity index (χ0) is 25.1. The predicted molar refractivity (Wildman–Crippen MR) is 123 cm³/mol. The van der Waals surface area contributed by atoms with Gasteiger partial charge in [-0.05, 0) is 55.3 Å². The van der Waals surface area contributed by atoms with E-state index >= 15 is 0 Å². The highest BCUT2D eigenvalue weighted by Crippen LogP contribution is 2.48. The van der Waals surface area contributed by atoms with Gasteiger partial charge in [-0.15, -0.1) is 0 Å². The summed E-state index contributed by atoms with van der Waals surface area (Å²) in [5.41, 5.74) is 3.06. The van der Waals surface area contributed by atoms with Gasteiger partial charge < -0.3 is 14.4 Å². The lowest BCUT2D eigenvalue weighted by atomic mass is 9.73. The Balaban J connectivity index is 0.000000364. The van der Waals surface area contributed by atoms with Crippen molar-refractivity contribution in [2.75, 3.05) is 18.0 Å². The molecular formula is C26H25F3N2O4. The molecule has 2 aliphatic heterocycles. The number of halogens is 3. The van der Waals surface area contributed by atoms with Crippen molar-refractivity contribution in [3.05, 3.63) is 89.9 Å². The van der Waals surface area contributed by atoms with Crippen LogP contribution in [-0.4, -0.2) is 41.1 Å². The number of carbonyl (C=O) groups excluding carboxylic acids is 1. The Morgan fingerprint density at radius 2 is 1.57 bits per heavy atom. The number of anilines is 1. The van der Waals surface area contributed by atoms with Gasteiger partial charge in [0.15, 0.2) is 0 Å². The van der Waals surface area contributed by atoms with Crippen LogP contribution in [0.5, 0.6) is 0 Å². The Hall–Kier alpha value is -3.59. The monoisotopic (exact) mass is 486 g/mol. The fourth-order valence-electron chi connectivity index (χ4n) is 4.72. The summed E-state index contributed by atoms with van der Waals surface area (Å²) < 4.78 is 37.2. The summed E-state index contributed by atoms with van der Waals surface area (Å²) in [6.07, 6.45) is -1.65. The van der Waals surface area contributed by atoms with E-state index in [1.807, 2.05) is 41.3 Å². The first kappa shape index (κ1) is 24.5. The molecule has 1 N–H and O–H groups in total. The summed E-state index contributed by atoms with van der Waals surface area (Å²) in [5, 5.41) is 7.12. The number of benzene rings is 2. The van der Waals surface area contributed by atoms with Gasteiger partial charge in [-0.1, -0.05) is 48.5 Å². The molecule has 2 aromatic carbocycles. The fraction of sp³-hybridized carbons (Fsp3) is 0.308. The van der Waals surface area contributed by atoms with Gasteiger partial charge in [-0.25, -0.2) is 4.79 Å². The molecule has 3 aromatic rings. The third-order valence-electron chi connectivity index (χ3n) is 6.46. The normalized spacial score (nSPS) is 17.1. The second-order valence-corrected chi connectivity index (χ2v) is 8.63. The Morgan fingerprint density at radius 1 is 0.943 bits per heavy atom. The molecule has 0 aliphatic carbocycles. The summed E-state index contributed by atoms with van der Waals surface area (Å²) in [5.74, 6) is -1.51. The molecule has 6 nitrogen and oxygen atoms in total. The minimum Gasteiger partial charge on any atom is -0.475 e. The number of amides is 1. The average Bonchev–Trinajstić information content (AvgIpc) is 3.43. The Kier molecular flexibility index (Phi) is 6.98. The fourth-order valence-corrected chi connectivity index (χ4v) is 4.72. The number of piperidine rings is 1. The van der Waals surface area contributed by atoms with Crippen LogP contribution in [0.2, 0.25) is 0 Å². The number of para-hydroxylation sites is 1. The molecule has 2 aliphatic rings. The number of nitrogens with zero attached hydrogens (tertiary/aromatic N) is 2. The van der Waals surface area contributed by atoms with E-state index in [-0.39, 0.29) is 11.3 Å². The highest BCUT2D eigenvalue weighted by molar-refractivity contribution is 6.08. The van der Waals surface area contributed by atoms with Crippen molar-refractivity contribution < 1.29 is 32.3 Å². The maximum absolute atomic E-state index is 13.7. The van der Waals surface area contributed by atoms with Gasteiger partial charge in [0.1, 0.15) is 5.76 Å². The number of carboxylic acids is 1. The summed E-state index contributed by atoms with van der Waals surface area (Å²) in [6.45, 7) is 3.25. The van der Waals surface area contributed by atoms with Crippen LogP contribution in [0.1, 0.15) is 29.7 Å². The van der Waals surface area contributed by atoms with Crippen molar-refractivity contribution >= 4 is 17.6 Å². The second kappa shape index (κ2) is 9.95. The number of fused-ring (bicyclic) bond motifs is 2. The largest absolute Gasteiger partial charge is 0.490 e. The predicted octanol–water partition coefficient (Wildman–Crippen LogP) is 4.99. The minimum atomic E-state index is -5.08. The van der Waals surface area contributed by atoms with E-state index in [4.69, 9.17) is 14.3 Å². The van der Waals surface area contributed by atoms with Crippen molar-refractivity contribution in [1.82, 2.24) is 4.90 Å². The maximum atomic E-state index is 13.7. The van der Waals surface area contributed by atoms with Gasteiger partial charge in [0.25, 0.3) is 0 Å². The number of likely N-dealkylation sites (tertiary alicyclic amines) is 1. The topological polar surface area (TPSA) is 74.0 Å². The lowest BCUT2D eigenvalue weighted by Gasteiger charge is -2.38. The van der Waals surface area contributed by atoms with Crippen molar-refractivity contribution in [1.29, 1.82) is 0 Å². The highest BCUT2D eigenvalue weighted by Gasteiger charge is 2.51. The summed E-state index contributed by atoms with van der Waals surface area (Å²) >= 11 is 0. The molecule has 1 spiro atoms. The van der Waals surface area contributed by atoms with Crippen LogP contribution in [0.3, 0.4) is 0 Å². The molecule has 0 saturated carbocycles. The molecule has 0 radical (unpaired) electrons. The number of aliphatic carboxylic acids is 1. The Bertz CT molecular complexity index is 1150. The molecule has 0 atom stereocenters. The lowest BCUT2D eigenvalue weighted by Crippen LogP contribution is -2.48. The molecular weight excluding hydrogens is 461 g/mol. The van der Waals surface area contributed by atoms with E-state index in [9.17, 15) is 18.0 Å². The molecule has 3 heterocycles. The number of hydrogen-bond acceptors (Lipinski definition) is 4. The molecule has 0 bridgehead atoms. The number of rotatable bonds is 4. The second-order valence-electron chi connectivity index (χ2n) is 8.63. The van der Waals surface area contributed by atoms with E-state index in [0.29, 0.717) is 6.54 Å². The van der Waals surface area contributed by atoms with Crippen molar-refractivity contribution in [3.8, 4) is 0 Å². The first-order valence-electron chi connectivity index (χ1n) is 11.2. The third-order valence-corrected chi connectivity index (χ3v) is 6.46. The Labute approximate surface area is 200 Å². The lowest BCUT2D eigenvalue weighted by molar-refractivity contribution is -0.192. The van der Waals surface area contributed by atoms with Crippen LogP contribution in [0.4, 0.5) is 18.9 Å². The first-order chi connectivity index (χ1) is 16.7. The van der Waals surface area contributed by atoms with Crippen LogP contribution < -0.4 is 4.90 Å². The summed E-state index contributed by atoms with van der Waals surface area (Å²) in [7, 11) is 0. The molecule has 1 aromatic heterocycles. The van der Waals surface area contributed by atoms with E-state index in [0.717, 1.165) is 49.5 Å². The van der Waals surface area contributed by atoms with Gasteiger partial charge >= 0.3 is 12.1 Å². The molecule has 35 heavy (non-hydrogen) atoms. The zero-order valence-electron chi connectivity index (χ0n) is 18.9. The molecule has 1 fully saturated rings. The number of carbonyl (C=O) groups is 2. The number of carboxylic acid groups (broad SMARTS) is 1. The summed E-state index contributed by atoms with van der Waals surface area (Å²) in [6, 6.07) is 22.6. The van der Waals surface area contributed by atoms with E-state index in [1.165, 1.54) is 5.56 Å². The molecule has 5 rings (SSSR count). The van der Waals surface area contributed by atoms with E-state index in [1.54, 1.807) is 6.26 Å². The molecule has 0 unspecified atom stereocenters. The van der Waals surface area contributed by atoms with Crippen LogP contribution >= 0.6 is 0 Å². The molecule has 9 heteroatoms. The molecule has 184 valence electrons. The van der Waals surface area contributed by atoms with Crippen LogP contribution in [0, 0.1) is 0 Å². The summed E-state index contributed by atoms with van der Waals surface area (Å²) in [4.78, 5) is 26.9. The number of furan rings is 1.